The molecule has 2 aromatic carbocycles. The lowest BCUT2D eigenvalue weighted by Crippen LogP contribution is -2.16. The number of nitrogen functional groups attached to an aromatic ring is 1. The molecule has 0 radical (unpaired) electrons. The van der Waals surface area contributed by atoms with Crippen molar-refractivity contribution in [1.82, 2.24) is 20.0 Å². The van der Waals surface area contributed by atoms with Crippen LogP contribution in [-0.2, 0) is 6.54 Å². The number of aryl methyl sites for hydroxylation is 1. The van der Waals surface area contributed by atoms with Gasteiger partial charge < -0.3 is 34.4 Å². The number of carbonyl (C=O) groups is 1. The Hall–Kier alpha value is -4.74. The number of nitrogens with zero attached hydrogens (tertiary/aromatic N) is 4. The molecule has 4 rings (SSSR count). The van der Waals surface area contributed by atoms with Crippen LogP contribution in [0, 0.1) is 6.92 Å². The number of carbonyl (C=O) groups excluding carboxylic acids is 1. The Balaban J connectivity index is 1.58. The number of rotatable bonds is 9. The number of amides is 1. The molecule has 0 aliphatic rings. The van der Waals surface area contributed by atoms with Gasteiger partial charge in [-0.1, -0.05) is 17.3 Å². The van der Waals surface area contributed by atoms with E-state index in [0.717, 1.165) is 0 Å². The van der Waals surface area contributed by atoms with E-state index in [1.807, 2.05) is 0 Å². The molecule has 0 spiro atoms. The average molecular weight is 495 g/mol. The molecule has 1 amide bonds. The predicted octanol–water partition coefficient (Wildman–Crippen LogP) is 3.16. The summed E-state index contributed by atoms with van der Waals surface area (Å²) >= 11 is 0. The first-order valence-corrected chi connectivity index (χ1v) is 10.8. The smallest absolute Gasteiger partial charge is 0.280 e. The van der Waals surface area contributed by atoms with Gasteiger partial charge in [0.15, 0.2) is 23.0 Å². The minimum atomic E-state index is -0.516. The molecule has 0 atom stereocenters. The van der Waals surface area contributed by atoms with Crippen molar-refractivity contribution in [3.8, 4) is 34.5 Å². The van der Waals surface area contributed by atoms with E-state index >= 15 is 0 Å². The number of anilines is 2. The molecule has 0 saturated carbocycles. The van der Waals surface area contributed by atoms with Crippen LogP contribution in [0.5, 0.6) is 23.0 Å². The van der Waals surface area contributed by atoms with Gasteiger partial charge in [-0.05, 0) is 31.2 Å². The van der Waals surface area contributed by atoms with Crippen LogP contribution >= 0.6 is 0 Å². The van der Waals surface area contributed by atoms with E-state index < -0.39 is 5.91 Å². The summed E-state index contributed by atoms with van der Waals surface area (Å²) in [7, 11) is 6.11. The van der Waals surface area contributed by atoms with Crippen LogP contribution in [0.2, 0.25) is 0 Å². The number of methoxy groups -OCH3 is 4. The maximum atomic E-state index is 12.8. The van der Waals surface area contributed by atoms with Crippen LogP contribution in [0.3, 0.4) is 0 Å². The Bertz CT molecular complexity index is 1370. The number of ether oxygens (including phenoxy) is 4. The van der Waals surface area contributed by atoms with Gasteiger partial charge in [-0.15, -0.1) is 5.10 Å². The number of nitrogens with one attached hydrogen (secondary N) is 1. The Morgan fingerprint density at radius 3 is 2.33 bits per heavy atom. The van der Waals surface area contributed by atoms with Gasteiger partial charge in [0.25, 0.3) is 5.91 Å². The van der Waals surface area contributed by atoms with Crippen molar-refractivity contribution in [2.75, 3.05) is 39.5 Å². The summed E-state index contributed by atoms with van der Waals surface area (Å²) in [4.78, 5) is 17.4. The van der Waals surface area contributed by atoms with Crippen molar-refractivity contribution >= 4 is 17.4 Å². The van der Waals surface area contributed by atoms with Crippen LogP contribution in [-0.4, -0.2) is 54.3 Å². The van der Waals surface area contributed by atoms with E-state index in [4.69, 9.17) is 29.1 Å². The Kier molecular flexibility index (Phi) is 6.95. The van der Waals surface area contributed by atoms with Gasteiger partial charge in [0.2, 0.25) is 11.6 Å². The first-order chi connectivity index (χ1) is 17.4. The molecular formula is C24H26N6O6. The highest BCUT2D eigenvalue weighted by Crippen LogP contribution is 2.41. The molecule has 0 aliphatic carbocycles. The van der Waals surface area contributed by atoms with Crippen LogP contribution in [0.15, 0.2) is 40.8 Å². The highest BCUT2D eigenvalue weighted by Gasteiger charge is 2.22. The zero-order chi connectivity index (χ0) is 25.8. The highest BCUT2D eigenvalue weighted by molar-refractivity contribution is 6.06. The molecule has 12 nitrogen and oxygen atoms in total. The van der Waals surface area contributed by atoms with Crippen molar-refractivity contribution in [2.24, 2.45) is 0 Å². The number of para-hydroxylation sites is 2. The third-order valence-corrected chi connectivity index (χ3v) is 5.45. The normalized spacial score (nSPS) is 10.7. The number of nitrogens with two attached hydrogens (primary N) is 1. The van der Waals surface area contributed by atoms with Crippen LogP contribution in [0.25, 0.3) is 11.5 Å². The quantitative estimate of drug-likeness (QED) is 0.355. The number of oxazole rings is 1. The van der Waals surface area contributed by atoms with Gasteiger partial charge in [0, 0.05) is 5.56 Å². The number of aromatic nitrogens is 4. The largest absolute Gasteiger partial charge is 0.495 e. The summed E-state index contributed by atoms with van der Waals surface area (Å²) in [6.45, 7) is 1.91. The van der Waals surface area contributed by atoms with E-state index in [0.29, 0.717) is 51.6 Å². The average Bonchev–Trinajstić information content (AvgIpc) is 3.45. The predicted molar refractivity (Wildman–Crippen MR) is 131 cm³/mol. The molecule has 0 aliphatic heterocycles. The maximum absolute atomic E-state index is 12.8. The van der Waals surface area contributed by atoms with Gasteiger partial charge >= 0.3 is 0 Å². The molecule has 0 fully saturated rings. The minimum absolute atomic E-state index is 0.0214. The standard InChI is InChI=1S/C24H26N6O6/c1-13-16(27-24(36-13)14-10-18(33-3)21(35-5)19(11-14)34-4)12-30-22(25)20(28-29-30)23(31)26-15-8-6-7-9-17(15)32-2/h6-11H,12,25H2,1-5H3,(H,26,31). The highest BCUT2D eigenvalue weighted by atomic mass is 16.5. The summed E-state index contributed by atoms with van der Waals surface area (Å²) in [5.74, 6) is 2.36. The van der Waals surface area contributed by atoms with Crippen LogP contribution in [0.4, 0.5) is 11.5 Å². The first kappa shape index (κ1) is 24.4. The van der Waals surface area contributed by atoms with E-state index in [1.54, 1.807) is 43.3 Å². The summed E-state index contributed by atoms with van der Waals surface area (Å²) in [6, 6.07) is 10.5. The van der Waals surface area contributed by atoms with Crippen molar-refractivity contribution in [2.45, 2.75) is 13.5 Å². The van der Waals surface area contributed by atoms with Gasteiger partial charge in [0.05, 0.1) is 40.7 Å². The first-order valence-electron chi connectivity index (χ1n) is 10.8. The zero-order valence-electron chi connectivity index (χ0n) is 20.5. The van der Waals surface area contributed by atoms with Crippen molar-refractivity contribution in [3.05, 3.63) is 53.5 Å². The zero-order valence-corrected chi connectivity index (χ0v) is 20.5. The molecule has 0 saturated heterocycles. The summed E-state index contributed by atoms with van der Waals surface area (Å²) < 4.78 is 28.7. The molecule has 12 heteroatoms. The van der Waals surface area contributed by atoms with E-state index in [-0.39, 0.29) is 18.1 Å². The lowest BCUT2D eigenvalue weighted by molar-refractivity contribution is 0.102. The van der Waals surface area contributed by atoms with Gasteiger partial charge in [-0.2, -0.15) is 0 Å². The molecule has 0 unspecified atom stereocenters. The lowest BCUT2D eigenvalue weighted by atomic mass is 10.2. The summed E-state index contributed by atoms with van der Waals surface area (Å²) in [5.41, 5.74) is 7.85. The van der Waals surface area contributed by atoms with Gasteiger partial charge in [-0.25, -0.2) is 9.67 Å². The number of benzene rings is 2. The molecular weight excluding hydrogens is 468 g/mol. The number of hydrogen-bond donors (Lipinski definition) is 2. The second-order valence-electron chi connectivity index (χ2n) is 7.57. The van der Waals surface area contributed by atoms with Crippen molar-refractivity contribution in [1.29, 1.82) is 0 Å². The molecule has 0 bridgehead atoms. The topological polar surface area (TPSA) is 149 Å². The second kappa shape index (κ2) is 10.3. The monoisotopic (exact) mass is 494 g/mol. The molecule has 2 aromatic heterocycles. The molecule has 188 valence electrons. The fraction of sp³-hybridized carbons (Fsp3) is 0.250. The van der Waals surface area contributed by atoms with E-state index in [9.17, 15) is 4.79 Å². The third-order valence-electron chi connectivity index (χ3n) is 5.45. The SMILES string of the molecule is COc1ccccc1NC(=O)c1nnn(Cc2nc(-c3cc(OC)c(OC)c(OC)c3)oc2C)c1N. The lowest BCUT2D eigenvalue weighted by Gasteiger charge is -2.12. The summed E-state index contributed by atoms with van der Waals surface area (Å²) in [6.07, 6.45) is 0. The third kappa shape index (κ3) is 4.60. The van der Waals surface area contributed by atoms with Crippen molar-refractivity contribution in [3.63, 3.8) is 0 Å². The molecule has 4 aromatic rings. The second-order valence-corrected chi connectivity index (χ2v) is 7.57. The Morgan fingerprint density at radius 1 is 1.03 bits per heavy atom. The van der Waals surface area contributed by atoms with Gasteiger partial charge in [-0.3, -0.25) is 4.79 Å². The van der Waals surface area contributed by atoms with Crippen LogP contribution in [0.1, 0.15) is 21.9 Å². The number of hydrogen-bond acceptors (Lipinski definition) is 10. The maximum Gasteiger partial charge on any atom is 0.280 e. The van der Waals surface area contributed by atoms with Crippen LogP contribution < -0.4 is 30.0 Å². The van der Waals surface area contributed by atoms with Crippen molar-refractivity contribution < 1.29 is 28.2 Å². The fourth-order valence-corrected chi connectivity index (χ4v) is 3.57. The Morgan fingerprint density at radius 2 is 1.69 bits per heavy atom. The van der Waals surface area contributed by atoms with E-state index in [1.165, 1.54) is 33.1 Å². The fourth-order valence-electron chi connectivity index (χ4n) is 3.57. The molecule has 3 N–H and O–H groups in total. The van der Waals surface area contributed by atoms with Gasteiger partial charge in [0.1, 0.15) is 17.2 Å². The Labute approximate surface area is 206 Å². The summed E-state index contributed by atoms with van der Waals surface area (Å²) in [5, 5.41) is 10.7. The molecule has 2 heterocycles. The van der Waals surface area contributed by atoms with E-state index in [2.05, 4.69) is 20.6 Å². The minimum Gasteiger partial charge on any atom is -0.495 e. The molecule has 36 heavy (non-hydrogen) atoms.